The molecule has 0 spiro atoms. The lowest BCUT2D eigenvalue weighted by atomic mass is 10.1. The summed E-state index contributed by atoms with van der Waals surface area (Å²) in [6, 6.07) is 7.95. The Morgan fingerprint density at radius 3 is 2.68 bits per heavy atom. The van der Waals surface area contributed by atoms with E-state index in [0.717, 1.165) is 60.1 Å². The molecule has 0 N–H and O–H groups in total. The summed E-state index contributed by atoms with van der Waals surface area (Å²) in [6.45, 7) is 6.86. The number of unbranched alkanes of at least 4 members (excludes halogenated alkanes) is 2. The zero-order valence-electron chi connectivity index (χ0n) is 22.9. The number of aromatic nitrogens is 2. The van der Waals surface area contributed by atoms with E-state index in [1.165, 1.54) is 0 Å². The summed E-state index contributed by atoms with van der Waals surface area (Å²) in [4.78, 5) is 35.7. The van der Waals surface area contributed by atoms with Crippen molar-refractivity contribution in [1.82, 2.24) is 19.4 Å². The number of benzene rings is 1. The molecule has 3 amide bonds. The summed E-state index contributed by atoms with van der Waals surface area (Å²) >= 11 is 6.62. The molecule has 0 unspecified atom stereocenters. The van der Waals surface area contributed by atoms with Crippen LogP contribution in [0.5, 0.6) is 5.75 Å². The van der Waals surface area contributed by atoms with Gasteiger partial charge in [0.05, 0.1) is 11.6 Å². The smallest absolute Gasteiger partial charge is 0.324 e. The predicted molar refractivity (Wildman–Crippen MR) is 152 cm³/mol. The van der Waals surface area contributed by atoms with Gasteiger partial charge in [0, 0.05) is 63.3 Å². The molecule has 38 heavy (non-hydrogen) atoms. The summed E-state index contributed by atoms with van der Waals surface area (Å²) in [7, 11) is 3.44. The minimum atomic E-state index is -0.0459. The predicted octanol–water partition coefficient (Wildman–Crippen LogP) is 5.74. The van der Waals surface area contributed by atoms with Crippen LogP contribution in [0, 0.1) is 0 Å². The van der Waals surface area contributed by atoms with E-state index in [2.05, 4.69) is 24.9 Å². The molecule has 3 aromatic rings. The number of aryl methyl sites for hydroxylation is 1. The van der Waals surface area contributed by atoms with Gasteiger partial charge < -0.3 is 19.1 Å². The Labute approximate surface area is 230 Å². The average molecular weight is 540 g/mol. The molecule has 1 fully saturated rings. The fraction of sp³-hybridized carbons (Fsp3) is 0.483. The first-order valence-corrected chi connectivity index (χ1v) is 13.9. The maximum atomic E-state index is 13.6. The minimum Gasteiger partial charge on any atom is -0.493 e. The molecule has 1 aliphatic heterocycles. The highest BCUT2D eigenvalue weighted by Gasteiger charge is 2.28. The second-order valence-corrected chi connectivity index (χ2v) is 10.4. The lowest BCUT2D eigenvalue weighted by Crippen LogP contribution is -2.49. The molecular weight excluding hydrogens is 502 g/mol. The normalized spacial score (nSPS) is 13.9. The van der Waals surface area contributed by atoms with E-state index in [1.807, 2.05) is 28.0 Å². The molecule has 3 heterocycles. The van der Waals surface area contributed by atoms with Gasteiger partial charge in [0.1, 0.15) is 17.9 Å². The maximum Gasteiger partial charge on any atom is 0.324 e. The van der Waals surface area contributed by atoms with E-state index in [0.29, 0.717) is 36.9 Å². The highest BCUT2D eigenvalue weighted by Crippen LogP contribution is 2.32. The van der Waals surface area contributed by atoms with Crippen LogP contribution in [-0.4, -0.2) is 65.1 Å². The van der Waals surface area contributed by atoms with E-state index in [1.54, 1.807) is 36.0 Å². The SMILES string of the molecule is CCCCCOc1cc(N2CCCN(Cc3ccnc4c3c(Cl)cn4CC(=O)N(C)C)C2=O)ccc1CC. The summed E-state index contributed by atoms with van der Waals surface area (Å²) in [5.74, 6) is 0.817. The van der Waals surface area contributed by atoms with Crippen LogP contribution in [0.3, 0.4) is 0 Å². The van der Waals surface area contributed by atoms with Crippen LogP contribution < -0.4 is 9.64 Å². The first-order chi connectivity index (χ1) is 18.3. The molecule has 1 aliphatic rings. The molecule has 204 valence electrons. The maximum absolute atomic E-state index is 13.6. The van der Waals surface area contributed by atoms with Crippen LogP contribution in [0.25, 0.3) is 11.0 Å². The number of fused-ring (bicyclic) bond motifs is 1. The van der Waals surface area contributed by atoms with Crippen LogP contribution in [0.4, 0.5) is 10.5 Å². The number of hydrogen-bond donors (Lipinski definition) is 0. The van der Waals surface area contributed by atoms with Crippen LogP contribution in [-0.2, 0) is 24.3 Å². The Morgan fingerprint density at radius 2 is 1.95 bits per heavy atom. The number of amides is 3. The number of likely N-dealkylation sites (N-methyl/N-ethyl adjacent to an activating group) is 1. The van der Waals surface area contributed by atoms with Crippen molar-refractivity contribution >= 4 is 40.3 Å². The largest absolute Gasteiger partial charge is 0.493 e. The molecular formula is C29H38ClN5O3. The number of carbonyl (C=O) groups is 2. The third-order valence-corrected chi connectivity index (χ3v) is 7.31. The van der Waals surface area contributed by atoms with Gasteiger partial charge in [0.2, 0.25) is 5.91 Å². The Kier molecular flexibility index (Phi) is 9.15. The molecule has 9 heteroatoms. The molecule has 0 aliphatic carbocycles. The standard InChI is InChI=1S/C29H38ClN5O3/c1-5-7-8-16-38-25-17-23(11-10-21(25)6-2)35-15-9-14-33(29(35)37)18-22-12-13-31-28-27(22)24(30)19-34(28)20-26(36)32(3)4/h10-13,17,19H,5-9,14-16,18,20H2,1-4H3. The number of rotatable bonds is 11. The second kappa shape index (κ2) is 12.5. The Morgan fingerprint density at radius 1 is 1.13 bits per heavy atom. The molecule has 1 aromatic carbocycles. The zero-order valence-corrected chi connectivity index (χ0v) is 23.6. The quantitative estimate of drug-likeness (QED) is 0.291. The van der Waals surface area contributed by atoms with Crippen molar-refractivity contribution in [1.29, 1.82) is 0 Å². The van der Waals surface area contributed by atoms with Crippen molar-refractivity contribution in [3.8, 4) is 5.75 Å². The van der Waals surface area contributed by atoms with E-state index < -0.39 is 0 Å². The van der Waals surface area contributed by atoms with Crippen LogP contribution >= 0.6 is 11.6 Å². The third-order valence-electron chi connectivity index (χ3n) is 7.02. The lowest BCUT2D eigenvalue weighted by Gasteiger charge is -2.36. The number of urea groups is 1. The van der Waals surface area contributed by atoms with Crippen molar-refractivity contribution in [3.05, 3.63) is 52.8 Å². The van der Waals surface area contributed by atoms with Crippen molar-refractivity contribution in [2.75, 3.05) is 38.7 Å². The van der Waals surface area contributed by atoms with Crippen molar-refractivity contribution in [3.63, 3.8) is 0 Å². The summed E-state index contributed by atoms with van der Waals surface area (Å²) in [5, 5.41) is 1.30. The molecule has 2 aromatic heterocycles. The molecule has 0 saturated carbocycles. The van der Waals surface area contributed by atoms with E-state index >= 15 is 0 Å². The fourth-order valence-electron chi connectivity index (χ4n) is 4.81. The number of carbonyl (C=O) groups excluding carboxylic acids is 2. The highest BCUT2D eigenvalue weighted by molar-refractivity contribution is 6.35. The van der Waals surface area contributed by atoms with E-state index in [9.17, 15) is 9.59 Å². The Bertz CT molecular complexity index is 1290. The molecule has 0 bridgehead atoms. The lowest BCUT2D eigenvalue weighted by molar-refractivity contribution is -0.129. The first kappa shape index (κ1) is 27.8. The number of hydrogen-bond acceptors (Lipinski definition) is 4. The first-order valence-electron chi connectivity index (χ1n) is 13.5. The van der Waals surface area contributed by atoms with Gasteiger partial charge in [-0.05, 0) is 42.5 Å². The fourth-order valence-corrected chi connectivity index (χ4v) is 5.14. The van der Waals surface area contributed by atoms with Gasteiger partial charge in [0.15, 0.2) is 0 Å². The minimum absolute atomic E-state index is 0.0410. The molecule has 0 atom stereocenters. The Hall–Kier alpha value is -3.26. The summed E-state index contributed by atoms with van der Waals surface area (Å²) in [6.07, 6.45) is 8.50. The van der Waals surface area contributed by atoms with Gasteiger partial charge in [-0.25, -0.2) is 9.78 Å². The average Bonchev–Trinajstić information content (AvgIpc) is 3.23. The topological polar surface area (TPSA) is 70.9 Å². The van der Waals surface area contributed by atoms with Crippen molar-refractivity contribution < 1.29 is 14.3 Å². The van der Waals surface area contributed by atoms with Gasteiger partial charge >= 0.3 is 6.03 Å². The zero-order chi connectivity index (χ0) is 27.2. The highest BCUT2D eigenvalue weighted by atomic mass is 35.5. The number of pyridine rings is 1. The molecule has 8 nitrogen and oxygen atoms in total. The molecule has 4 rings (SSSR count). The van der Waals surface area contributed by atoms with E-state index in [4.69, 9.17) is 16.3 Å². The monoisotopic (exact) mass is 539 g/mol. The van der Waals surface area contributed by atoms with Crippen molar-refractivity contribution in [2.45, 2.75) is 59.0 Å². The van der Waals surface area contributed by atoms with Gasteiger partial charge in [0.25, 0.3) is 0 Å². The summed E-state index contributed by atoms with van der Waals surface area (Å²) in [5.41, 5.74) is 3.56. The molecule has 1 saturated heterocycles. The van der Waals surface area contributed by atoms with Crippen LogP contribution in [0.2, 0.25) is 5.02 Å². The van der Waals surface area contributed by atoms with Gasteiger partial charge in [-0.3, -0.25) is 9.69 Å². The van der Waals surface area contributed by atoms with E-state index in [-0.39, 0.29) is 18.5 Å². The summed E-state index contributed by atoms with van der Waals surface area (Å²) < 4.78 is 7.89. The van der Waals surface area contributed by atoms with Gasteiger partial charge in [-0.2, -0.15) is 0 Å². The number of nitrogens with zero attached hydrogens (tertiary/aromatic N) is 5. The Balaban J connectivity index is 1.55. The van der Waals surface area contributed by atoms with Crippen LogP contribution in [0.15, 0.2) is 36.7 Å². The van der Waals surface area contributed by atoms with Gasteiger partial charge in [-0.1, -0.05) is 44.4 Å². The number of ether oxygens (including phenoxy) is 1. The number of anilines is 1. The van der Waals surface area contributed by atoms with Gasteiger partial charge in [-0.15, -0.1) is 0 Å². The van der Waals surface area contributed by atoms with Crippen LogP contribution in [0.1, 0.15) is 50.7 Å². The van der Waals surface area contributed by atoms with Crippen molar-refractivity contribution in [2.24, 2.45) is 0 Å². The molecule has 0 radical (unpaired) electrons. The number of halogens is 1. The second-order valence-electron chi connectivity index (χ2n) is 9.97. The third kappa shape index (κ3) is 6.07.